The fraction of sp³-hybridized carbons (Fsp3) is 0.167. The van der Waals surface area contributed by atoms with E-state index in [4.69, 9.17) is 9.84 Å². The highest BCUT2D eigenvalue weighted by atomic mass is 16.5. The van der Waals surface area contributed by atoms with Gasteiger partial charge in [0, 0.05) is 12.4 Å². The molecule has 7 heteroatoms. The molecule has 98 valence electrons. The first-order valence-corrected chi connectivity index (χ1v) is 5.52. The van der Waals surface area contributed by atoms with Crippen LogP contribution < -0.4 is 0 Å². The van der Waals surface area contributed by atoms with E-state index in [-0.39, 0.29) is 12.2 Å². The lowest BCUT2D eigenvalue weighted by molar-refractivity contribution is 0.0525. The number of carbonyl (C=O) groups is 2. The summed E-state index contributed by atoms with van der Waals surface area (Å²) in [7, 11) is 0. The van der Waals surface area contributed by atoms with Gasteiger partial charge in [-0.2, -0.15) is 5.10 Å². The van der Waals surface area contributed by atoms with Crippen LogP contribution in [-0.4, -0.2) is 38.4 Å². The summed E-state index contributed by atoms with van der Waals surface area (Å²) in [5.74, 6) is -1.55. The molecule has 2 heterocycles. The number of carboxylic acid groups (broad SMARTS) is 1. The summed E-state index contributed by atoms with van der Waals surface area (Å²) in [6.07, 6.45) is 5.50. The minimum atomic E-state index is -1.08. The van der Waals surface area contributed by atoms with E-state index in [0.717, 1.165) is 0 Å². The van der Waals surface area contributed by atoms with Gasteiger partial charge < -0.3 is 9.84 Å². The van der Waals surface area contributed by atoms with Gasteiger partial charge in [-0.3, -0.25) is 4.98 Å². The second-order valence-corrected chi connectivity index (χ2v) is 3.63. The van der Waals surface area contributed by atoms with Crippen LogP contribution >= 0.6 is 0 Å². The molecule has 0 fully saturated rings. The molecule has 2 aromatic rings. The number of hydrogen-bond donors (Lipinski definition) is 1. The predicted molar refractivity (Wildman–Crippen MR) is 64.3 cm³/mol. The van der Waals surface area contributed by atoms with Gasteiger partial charge in [-0.1, -0.05) is 0 Å². The van der Waals surface area contributed by atoms with Gasteiger partial charge in [0.2, 0.25) is 0 Å². The van der Waals surface area contributed by atoms with Crippen molar-refractivity contribution in [3.8, 4) is 5.69 Å². The zero-order chi connectivity index (χ0) is 13.8. The Labute approximate surface area is 108 Å². The van der Waals surface area contributed by atoms with E-state index in [1.54, 1.807) is 6.92 Å². The second-order valence-electron chi connectivity index (χ2n) is 3.63. The quantitative estimate of drug-likeness (QED) is 0.829. The lowest BCUT2D eigenvalue weighted by Crippen LogP contribution is -2.04. The third-order valence-corrected chi connectivity index (χ3v) is 2.33. The number of rotatable bonds is 4. The molecular weight excluding hydrogens is 250 g/mol. The Morgan fingerprint density at radius 2 is 2.11 bits per heavy atom. The zero-order valence-corrected chi connectivity index (χ0v) is 10.1. The maximum atomic E-state index is 11.5. The van der Waals surface area contributed by atoms with Crippen molar-refractivity contribution in [1.29, 1.82) is 0 Å². The van der Waals surface area contributed by atoms with Gasteiger partial charge in [0.05, 0.1) is 35.8 Å². The number of esters is 1. The summed E-state index contributed by atoms with van der Waals surface area (Å²) in [4.78, 5) is 26.1. The van der Waals surface area contributed by atoms with Crippen LogP contribution in [0.1, 0.15) is 27.6 Å². The molecule has 7 nitrogen and oxygen atoms in total. The Hall–Kier alpha value is -2.70. The van der Waals surface area contributed by atoms with E-state index in [1.807, 2.05) is 0 Å². The lowest BCUT2D eigenvalue weighted by atomic mass is 10.2. The van der Waals surface area contributed by atoms with Gasteiger partial charge in [0.1, 0.15) is 0 Å². The SMILES string of the molecule is CCOC(=O)c1cnn(-c2cncc(C(=O)O)c2)c1. The molecule has 0 radical (unpaired) electrons. The molecule has 19 heavy (non-hydrogen) atoms. The summed E-state index contributed by atoms with van der Waals surface area (Å²) >= 11 is 0. The summed E-state index contributed by atoms with van der Waals surface area (Å²) in [6, 6.07) is 1.41. The van der Waals surface area contributed by atoms with Crippen LogP contribution in [0.4, 0.5) is 0 Å². The van der Waals surface area contributed by atoms with E-state index in [1.165, 1.54) is 35.5 Å². The van der Waals surface area contributed by atoms with Crippen molar-refractivity contribution in [1.82, 2.24) is 14.8 Å². The molecule has 0 aromatic carbocycles. The lowest BCUT2D eigenvalue weighted by Gasteiger charge is -2.01. The van der Waals surface area contributed by atoms with Crippen molar-refractivity contribution in [2.45, 2.75) is 6.92 Å². The minimum Gasteiger partial charge on any atom is -0.478 e. The number of nitrogens with zero attached hydrogens (tertiary/aromatic N) is 3. The van der Waals surface area contributed by atoms with E-state index >= 15 is 0 Å². The van der Waals surface area contributed by atoms with Gasteiger partial charge in [-0.15, -0.1) is 0 Å². The summed E-state index contributed by atoms with van der Waals surface area (Å²) in [6.45, 7) is 1.99. The third-order valence-electron chi connectivity index (χ3n) is 2.33. The van der Waals surface area contributed by atoms with Crippen LogP contribution in [-0.2, 0) is 4.74 Å². The maximum absolute atomic E-state index is 11.5. The number of carboxylic acids is 1. The van der Waals surface area contributed by atoms with Gasteiger partial charge >= 0.3 is 11.9 Å². The molecule has 0 aliphatic heterocycles. The summed E-state index contributed by atoms with van der Waals surface area (Å²) < 4.78 is 6.20. The Kier molecular flexibility index (Phi) is 3.56. The van der Waals surface area contributed by atoms with E-state index in [2.05, 4.69) is 10.1 Å². The molecule has 0 aliphatic carbocycles. The van der Waals surface area contributed by atoms with E-state index < -0.39 is 11.9 Å². The smallest absolute Gasteiger partial charge is 0.341 e. The average Bonchev–Trinajstić information content (AvgIpc) is 2.89. The number of aromatic carboxylic acids is 1. The number of pyridine rings is 1. The van der Waals surface area contributed by atoms with Gasteiger partial charge in [-0.05, 0) is 13.0 Å². The zero-order valence-electron chi connectivity index (χ0n) is 10.1. The molecular formula is C12H11N3O4. The van der Waals surface area contributed by atoms with Crippen LogP contribution in [0.3, 0.4) is 0 Å². The predicted octanol–water partition coefficient (Wildman–Crippen LogP) is 1.14. The minimum absolute atomic E-state index is 0.0469. The fourth-order valence-electron chi connectivity index (χ4n) is 1.45. The highest BCUT2D eigenvalue weighted by Crippen LogP contribution is 2.10. The molecule has 0 saturated carbocycles. The molecule has 0 bridgehead atoms. The first-order chi connectivity index (χ1) is 9.11. The largest absolute Gasteiger partial charge is 0.478 e. The Morgan fingerprint density at radius 3 is 2.79 bits per heavy atom. The Morgan fingerprint density at radius 1 is 1.32 bits per heavy atom. The average molecular weight is 261 g/mol. The molecule has 2 aromatic heterocycles. The standard InChI is InChI=1S/C12H11N3O4/c1-2-19-12(18)9-5-14-15(7-9)10-3-8(11(16)17)4-13-6-10/h3-7H,2H2,1H3,(H,16,17). The van der Waals surface area contributed by atoms with Crippen molar-refractivity contribution >= 4 is 11.9 Å². The molecule has 0 atom stereocenters. The van der Waals surface area contributed by atoms with E-state index in [0.29, 0.717) is 11.3 Å². The van der Waals surface area contributed by atoms with Crippen molar-refractivity contribution in [3.05, 3.63) is 42.0 Å². The number of hydrogen-bond acceptors (Lipinski definition) is 5. The summed E-state index contributed by atoms with van der Waals surface area (Å²) in [5, 5.41) is 12.8. The van der Waals surface area contributed by atoms with Gasteiger partial charge in [0.25, 0.3) is 0 Å². The van der Waals surface area contributed by atoms with Crippen LogP contribution in [0, 0.1) is 0 Å². The van der Waals surface area contributed by atoms with Crippen LogP contribution in [0.25, 0.3) is 5.69 Å². The van der Waals surface area contributed by atoms with E-state index in [9.17, 15) is 9.59 Å². The highest BCUT2D eigenvalue weighted by molar-refractivity contribution is 5.89. The molecule has 0 unspecified atom stereocenters. The van der Waals surface area contributed by atoms with Gasteiger partial charge in [-0.25, -0.2) is 14.3 Å². The fourth-order valence-corrected chi connectivity index (χ4v) is 1.45. The number of carbonyl (C=O) groups excluding carboxylic acids is 1. The van der Waals surface area contributed by atoms with Gasteiger partial charge in [0.15, 0.2) is 0 Å². The Bertz CT molecular complexity index is 621. The first-order valence-electron chi connectivity index (χ1n) is 5.52. The number of ether oxygens (including phenoxy) is 1. The van der Waals surface area contributed by atoms with Crippen molar-refractivity contribution in [2.75, 3.05) is 6.61 Å². The summed E-state index contributed by atoms with van der Waals surface area (Å²) in [5.41, 5.74) is 0.795. The van der Waals surface area contributed by atoms with Crippen molar-refractivity contribution in [3.63, 3.8) is 0 Å². The molecule has 0 spiro atoms. The number of aromatic nitrogens is 3. The van der Waals surface area contributed by atoms with Crippen LogP contribution in [0.5, 0.6) is 0 Å². The first kappa shape index (κ1) is 12.7. The second kappa shape index (κ2) is 5.30. The third kappa shape index (κ3) is 2.76. The molecule has 0 saturated heterocycles. The maximum Gasteiger partial charge on any atom is 0.341 e. The highest BCUT2D eigenvalue weighted by Gasteiger charge is 2.11. The molecule has 0 amide bonds. The normalized spacial score (nSPS) is 10.2. The topological polar surface area (TPSA) is 94.3 Å². The monoisotopic (exact) mass is 261 g/mol. The molecule has 2 rings (SSSR count). The molecule has 0 aliphatic rings. The van der Waals surface area contributed by atoms with Crippen molar-refractivity contribution < 1.29 is 19.4 Å². The van der Waals surface area contributed by atoms with Crippen molar-refractivity contribution in [2.24, 2.45) is 0 Å². The molecule has 1 N–H and O–H groups in total. The van der Waals surface area contributed by atoms with Crippen LogP contribution in [0.15, 0.2) is 30.9 Å². The van der Waals surface area contributed by atoms with Crippen LogP contribution in [0.2, 0.25) is 0 Å². The Balaban J connectivity index is 2.30.